The molecule has 30 heavy (non-hydrogen) atoms. The molecule has 3 rings (SSSR count). The lowest BCUT2D eigenvalue weighted by Crippen LogP contribution is -2.37. The van der Waals surface area contributed by atoms with E-state index in [1.54, 1.807) is 55.1 Å². The summed E-state index contributed by atoms with van der Waals surface area (Å²) < 4.78 is 48.7. The molecular formula is C22H26FNO5S. The van der Waals surface area contributed by atoms with Gasteiger partial charge in [-0.05, 0) is 56.5 Å². The lowest BCUT2D eigenvalue weighted by atomic mass is 10.1. The number of ether oxygens (including phenoxy) is 1. The maximum atomic E-state index is 14.2. The zero-order chi connectivity index (χ0) is 21.7. The van der Waals surface area contributed by atoms with Crippen LogP contribution < -0.4 is 4.18 Å². The molecule has 1 fully saturated rings. The van der Waals surface area contributed by atoms with Gasteiger partial charge in [-0.2, -0.15) is 8.42 Å². The lowest BCUT2D eigenvalue weighted by Gasteiger charge is -2.26. The lowest BCUT2D eigenvalue weighted by molar-refractivity contribution is 0.0504. The van der Waals surface area contributed by atoms with Crippen LogP contribution >= 0.6 is 0 Å². The van der Waals surface area contributed by atoms with Crippen LogP contribution in [0, 0.1) is 5.82 Å². The van der Waals surface area contributed by atoms with Gasteiger partial charge in [-0.1, -0.05) is 24.3 Å². The van der Waals surface area contributed by atoms with Crippen LogP contribution in [0.1, 0.15) is 42.6 Å². The molecule has 1 heterocycles. The second kappa shape index (κ2) is 9.57. The fourth-order valence-electron chi connectivity index (χ4n) is 3.16. The molecule has 1 atom stereocenters. The van der Waals surface area contributed by atoms with Gasteiger partial charge in [0.25, 0.3) is 5.91 Å². The normalized spacial score (nSPS) is 16.6. The van der Waals surface area contributed by atoms with Gasteiger partial charge in [0.05, 0.1) is 16.9 Å². The minimum atomic E-state index is -3.68. The molecule has 0 aliphatic carbocycles. The summed E-state index contributed by atoms with van der Waals surface area (Å²) in [4.78, 5) is 14.6. The van der Waals surface area contributed by atoms with Crippen molar-refractivity contribution in [1.82, 2.24) is 4.90 Å². The molecule has 0 radical (unpaired) electrons. The monoisotopic (exact) mass is 435 g/mol. The second-order valence-corrected chi connectivity index (χ2v) is 9.66. The van der Waals surface area contributed by atoms with Crippen LogP contribution in [-0.4, -0.2) is 43.7 Å². The van der Waals surface area contributed by atoms with Gasteiger partial charge in [-0.25, -0.2) is 4.39 Å². The number of hydrogen-bond donors (Lipinski definition) is 0. The predicted molar refractivity (Wildman–Crippen MR) is 111 cm³/mol. The maximum absolute atomic E-state index is 14.2. The zero-order valence-electron chi connectivity index (χ0n) is 17.1. The standard InChI is InChI=1S/C22H26FNO5S/c1-16(2)30(26,27)29-18-11-9-17(10-12-18)14-24(15-19-6-5-13-28-19)22(25)20-7-3-4-8-21(20)23/h3-4,7-12,16,19H,5-6,13-15H2,1-2H3/t19-/m0/s1. The van der Waals surface area contributed by atoms with Crippen molar-refractivity contribution < 1.29 is 26.5 Å². The Bertz CT molecular complexity index is 969. The average Bonchev–Trinajstić information content (AvgIpc) is 3.21. The topological polar surface area (TPSA) is 72.9 Å². The van der Waals surface area contributed by atoms with E-state index >= 15 is 0 Å². The summed E-state index contributed by atoms with van der Waals surface area (Å²) >= 11 is 0. The highest BCUT2D eigenvalue weighted by molar-refractivity contribution is 7.87. The smallest absolute Gasteiger partial charge is 0.311 e. The van der Waals surface area contributed by atoms with Crippen molar-refractivity contribution in [3.63, 3.8) is 0 Å². The minimum absolute atomic E-state index is 0.0125. The third kappa shape index (κ3) is 5.58. The van der Waals surface area contributed by atoms with E-state index in [0.717, 1.165) is 18.4 Å². The number of nitrogens with zero attached hydrogens (tertiary/aromatic N) is 1. The predicted octanol–water partition coefficient (Wildman–Crippen LogP) is 3.76. The first-order valence-electron chi connectivity index (χ1n) is 9.94. The highest BCUT2D eigenvalue weighted by atomic mass is 32.2. The van der Waals surface area contributed by atoms with Crippen molar-refractivity contribution in [1.29, 1.82) is 0 Å². The maximum Gasteiger partial charge on any atom is 0.311 e. The van der Waals surface area contributed by atoms with Crippen molar-refractivity contribution >= 4 is 16.0 Å². The molecule has 8 heteroatoms. The molecule has 1 amide bonds. The first-order chi connectivity index (χ1) is 14.3. The molecule has 162 valence electrons. The van der Waals surface area contributed by atoms with Crippen LogP contribution in [0.25, 0.3) is 0 Å². The van der Waals surface area contributed by atoms with E-state index in [2.05, 4.69) is 0 Å². The van der Waals surface area contributed by atoms with Gasteiger partial charge in [0.2, 0.25) is 0 Å². The Morgan fingerprint density at radius 1 is 1.20 bits per heavy atom. The molecular weight excluding hydrogens is 409 g/mol. The van der Waals surface area contributed by atoms with Crippen molar-refractivity contribution in [3.8, 4) is 5.75 Å². The van der Waals surface area contributed by atoms with Gasteiger partial charge in [0, 0.05) is 19.7 Å². The Balaban J connectivity index is 1.77. The Hall–Kier alpha value is -2.45. The van der Waals surface area contributed by atoms with E-state index in [1.165, 1.54) is 12.1 Å². The molecule has 0 saturated carbocycles. The van der Waals surface area contributed by atoms with Crippen LogP contribution in [-0.2, 0) is 21.4 Å². The van der Waals surface area contributed by atoms with Gasteiger partial charge in [0.15, 0.2) is 0 Å². The molecule has 0 aromatic heterocycles. The molecule has 6 nitrogen and oxygen atoms in total. The first kappa shape index (κ1) is 22.2. The average molecular weight is 436 g/mol. The molecule has 1 saturated heterocycles. The van der Waals surface area contributed by atoms with Gasteiger partial charge >= 0.3 is 10.1 Å². The van der Waals surface area contributed by atoms with E-state index < -0.39 is 27.1 Å². The fourth-order valence-corrected chi connectivity index (χ4v) is 3.73. The quantitative estimate of drug-likeness (QED) is 0.591. The summed E-state index contributed by atoms with van der Waals surface area (Å²) in [6, 6.07) is 12.4. The molecule has 1 aliphatic heterocycles. The van der Waals surface area contributed by atoms with Crippen LogP contribution in [0.5, 0.6) is 5.75 Å². The molecule has 0 spiro atoms. The highest BCUT2D eigenvalue weighted by Gasteiger charge is 2.25. The van der Waals surface area contributed by atoms with Crippen LogP contribution in [0.3, 0.4) is 0 Å². The SMILES string of the molecule is CC(C)S(=O)(=O)Oc1ccc(CN(C[C@@H]2CCCO2)C(=O)c2ccccc2F)cc1. The number of benzene rings is 2. The van der Waals surface area contributed by atoms with E-state index in [-0.39, 0.29) is 24.0 Å². The molecule has 2 aromatic rings. The number of amides is 1. The number of halogens is 1. The summed E-state index contributed by atoms with van der Waals surface area (Å²) in [6.07, 6.45) is 1.70. The van der Waals surface area contributed by atoms with Gasteiger partial charge < -0.3 is 13.8 Å². The Morgan fingerprint density at radius 3 is 2.50 bits per heavy atom. The Morgan fingerprint density at radius 2 is 1.90 bits per heavy atom. The van der Waals surface area contributed by atoms with Crippen molar-refractivity contribution in [2.24, 2.45) is 0 Å². The summed E-state index contributed by atoms with van der Waals surface area (Å²) in [5, 5.41) is -0.655. The van der Waals surface area contributed by atoms with Crippen LogP contribution in [0.2, 0.25) is 0 Å². The van der Waals surface area contributed by atoms with Gasteiger partial charge in [-0.15, -0.1) is 0 Å². The number of hydrogen-bond acceptors (Lipinski definition) is 5. The van der Waals surface area contributed by atoms with E-state index in [9.17, 15) is 17.6 Å². The Labute approximate surface area is 176 Å². The van der Waals surface area contributed by atoms with E-state index in [1.807, 2.05) is 0 Å². The Kier molecular flexibility index (Phi) is 7.10. The molecule has 0 bridgehead atoms. The van der Waals surface area contributed by atoms with E-state index in [0.29, 0.717) is 13.2 Å². The van der Waals surface area contributed by atoms with E-state index in [4.69, 9.17) is 8.92 Å². The molecule has 0 unspecified atom stereocenters. The van der Waals surface area contributed by atoms with Crippen LogP contribution in [0.4, 0.5) is 4.39 Å². The van der Waals surface area contributed by atoms with Crippen molar-refractivity contribution in [2.75, 3.05) is 13.2 Å². The molecule has 0 N–H and O–H groups in total. The third-order valence-corrected chi connectivity index (χ3v) is 6.51. The first-order valence-corrected chi connectivity index (χ1v) is 11.4. The zero-order valence-corrected chi connectivity index (χ0v) is 17.9. The van der Waals surface area contributed by atoms with Crippen molar-refractivity contribution in [3.05, 3.63) is 65.5 Å². The summed E-state index contributed by atoms with van der Waals surface area (Å²) in [5.41, 5.74) is 0.783. The number of carbonyl (C=O) groups excluding carboxylic acids is 1. The second-order valence-electron chi connectivity index (χ2n) is 7.57. The van der Waals surface area contributed by atoms with Crippen LogP contribution in [0.15, 0.2) is 48.5 Å². The summed E-state index contributed by atoms with van der Waals surface area (Å²) in [7, 11) is -3.68. The number of rotatable bonds is 8. The molecule has 2 aromatic carbocycles. The number of carbonyl (C=O) groups is 1. The van der Waals surface area contributed by atoms with Gasteiger partial charge in [0.1, 0.15) is 11.6 Å². The third-order valence-electron chi connectivity index (χ3n) is 4.93. The summed E-state index contributed by atoms with van der Waals surface area (Å²) in [5.74, 6) is -0.771. The largest absolute Gasteiger partial charge is 0.382 e. The van der Waals surface area contributed by atoms with Crippen molar-refractivity contribution in [2.45, 2.75) is 44.6 Å². The fraction of sp³-hybridized carbons (Fsp3) is 0.409. The van der Waals surface area contributed by atoms with Gasteiger partial charge in [-0.3, -0.25) is 4.79 Å². The molecule has 1 aliphatic rings. The summed E-state index contributed by atoms with van der Waals surface area (Å²) in [6.45, 7) is 4.34. The highest BCUT2D eigenvalue weighted by Crippen LogP contribution is 2.21. The minimum Gasteiger partial charge on any atom is -0.382 e.